The third-order valence-corrected chi connectivity index (χ3v) is 1.54. The van der Waals surface area contributed by atoms with Crippen LogP contribution < -0.4 is 0 Å². The van der Waals surface area contributed by atoms with Gasteiger partial charge in [0.15, 0.2) is 0 Å². The van der Waals surface area contributed by atoms with Crippen LogP contribution in [0.2, 0.25) is 0 Å². The molecule has 0 aliphatic rings. The van der Waals surface area contributed by atoms with E-state index in [0.717, 1.165) is 0 Å². The minimum absolute atomic E-state index is 0.149. The number of rotatable bonds is 2. The zero-order valence-electron chi connectivity index (χ0n) is 8.53. The van der Waals surface area contributed by atoms with Gasteiger partial charge in [0.2, 0.25) is 0 Å². The van der Waals surface area contributed by atoms with Crippen molar-refractivity contribution in [3.8, 4) is 0 Å². The lowest BCUT2D eigenvalue weighted by molar-refractivity contribution is -0.375. The molecule has 0 radical (unpaired) electrons. The van der Waals surface area contributed by atoms with Crippen LogP contribution in [0.15, 0.2) is 36.4 Å². The van der Waals surface area contributed by atoms with E-state index in [-0.39, 0.29) is 10.6 Å². The molecular formula is C10H11NO5. The molecule has 0 aliphatic carbocycles. The molecule has 6 heteroatoms. The van der Waals surface area contributed by atoms with E-state index in [1.54, 1.807) is 31.2 Å². The van der Waals surface area contributed by atoms with Gasteiger partial charge in [0.25, 0.3) is 5.70 Å². The second-order valence-corrected chi connectivity index (χ2v) is 2.58. The fourth-order valence-electron chi connectivity index (χ4n) is 0.986. The van der Waals surface area contributed by atoms with Crippen LogP contribution >= 0.6 is 0 Å². The van der Waals surface area contributed by atoms with Gasteiger partial charge < -0.3 is 10.2 Å². The van der Waals surface area contributed by atoms with Crippen molar-refractivity contribution in [1.29, 1.82) is 0 Å². The van der Waals surface area contributed by atoms with Gasteiger partial charge >= 0.3 is 6.16 Å². The normalized spacial score (nSPS) is 9.94. The molecule has 1 aromatic rings. The predicted octanol–water partition coefficient (Wildman–Crippen LogP) is 2.55. The van der Waals surface area contributed by atoms with Crippen LogP contribution in [0.1, 0.15) is 12.5 Å². The lowest BCUT2D eigenvalue weighted by atomic mass is 10.1. The lowest BCUT2D eigenvalue weighted by Gasteiger charge is -1.95. The molecule has 0 amide bonds. The summed E-state index contributed by atoms with van der Waals surface area (Å²) < 4.78 is 0. The van der Waals surface area contributed by atoms with E-state index in [9.17, 15) is 10.1 Å². The van der Waals surface area contributed by atoms with E-state index in [4.69, 9.17) is 15.0 Å². The number of nitrogens with zero attached hydrogens (tertiary/aromatic N) is 1. The minimum atomic E-state index is -1.83. The fourth-order valence-corrected chi connectivity index (χ4v) is 0.986. The smallest absolute Gasteiger partial charge is 0.450 e. The number of carbonyl (C=O) groups is 1. The van der Waals surface area contributed by atoms with Crippen LogP contribution in [0, 0.1) is 10.1 Å². The van der Waals surface area contributed by atoms with Crippen LogP contribution in [0.4, 0.5) is 4.79 Å². The molecule has 86 valence electrons. The highest BCUT2D eigenvalue weighted by atomic mass is 16.6. The Labute approximate surface area is 91.6 Å². The van der Waals surface area contributed by atoms with E-state index in [1.807, 2.05) is 6.07 Å². The van der Waals surface area contributed by atoms with Crippen LogP contribution in [0.3, 0.4) is 0 Å². The van der Waals surface area contributed by atoms with Crippen molar-refractivity contribution in [2.45, 2.75) is 6.92 Å². The monoisotopic (exact) mass is 225 g/mol. The first kappa shape index (κ1) is 13.6. The molecular weight excluding hydrogens is 214 g/mol. The third kappa shape index (κ3) is 5.38. The summed E-state index contributed by atoms with van der Waals surface area (Å²) in [7, 11) is 0. The molecule has 0 saturated heterocycles. The Morgan fingerprint density at radius 2 is 1.75 bits per heavy atom. The van der Waals surface area contributed by atoms with Crippen LogP contribution in [-0.4, -0.2) is 21.3 Å². The number of nitro groups is 1. The van der Waals surface area contributed by atoms with Gasteiger partial charge in [0.1, 0.15) is 0 Å². The van der Waals surface area contributed by atoms with Gasteiger partial charge in [-0.25, -0.2) is 4.79 Å². The summed E-state index contributed by atoms with van der Waals surface area (Å²) in [5.41, 5.74) is 0.792. The summed E-state index contributed by atoms with van der Waals surface area (Å²) in [6.07, 6.45) is -0.338. The summed E-state index contributed by atoms with van der Waals surface area (Å²) >= 11 is 0. The molecule has 2 N–H and O–H groups in total. The molecule has 0 spiro atoms. The van der Waals surface area contributed by atoms with E-state index in [2.05, 4.69) is 0 Å². The van der Waals surface area contributed by atoms with E-state index in [0.29, 0.717) is 5.56 Å². The van der Waals surface area contributed by atoms with Gasteiger partial charge in [-0.05, 0) is 25.1 Å². The second-order valence-electron chi connectivity index (χ2n) is 2.58. The molecule has 0 heterocycles. The van der Waals surface area contributed by atoms with Crippen molar-refractivity contribution >= 4 is 11.9 Å². The number of benzene rings is 1. The Balaban J connectivity index is 0.000000487. The molecule has 1 aromatic carbocycles. The first-order valence-electron chi connectivity index (χ1n) is 4.27. The lowest BCUT2D eigenvalue weighted by Crippen LogP contribution is -1.96. The number of allylic oxidation sites excluding steroid dienone is 1. The fraction of sp³-hybridized carbons (Fsp3) is 0.100. The Morgan fingerprint density at radius 3 is 2.06 bits per heavy atom. The highest BCUT2D eigenvalue weighted by Gasteiger charge is 2.10. The van der Waals surface area contributed by atoms with Crippen LogP contribution in [0.25, 0.3) is 5.70 Å². The number of carboxylic acid groups (broad SMARTS) is 2. The maximum absolute atomic E-state index is 10.5. The number of hydrogen-bond acceptors (Lipinski definition) is 3. The Hall–Kier alpha value is -2.37. The summed E-state index contributed by atoms with van der Waals surface area (Å²) in [6.45, 7) is 1.66. The first-order chi connectivity index (χ1) is 7.49. The summed E-state index contributed by atoms with van der Waals surface area (Å²) in [4.78, 5) is 18.6. The molecule has 16 heavy (non-hydrogen) atoms. The minimum Gasteiger partial charge on any atom is -0.450 e. The SMILES string of the molecule is CC=C(c1ccccc1)[N+](=O)[O-].O=C(O)O. The maximum Gasteiger partial charge on any atom is 0.503 e. The van der Waals surface area contributed by atoms with Crippen molar-refractivity contribution in [2.75, 3.05) is 0 Å². The summed E-state index contributed by atoms with van der Waals surface area (Å²) in [5.74, 6) is 0. The first-order valence-corrected chi connectivity index (χ1v) is 4.27. The maximum atomic E-state index is 10.5. The molecule has 0 atom stereocenters. The van der Waals surface area contributed by atoms with Gasteiger partial charge in [-0.1, -0.05) is 18.2 Å². The molecule has 0 unspecified atom stereocenters. The van der Waals surface area contributed by atoms with Gasteiger partial charge in [0.05, 0.1) is 10.5 Å². The zero-order chi connectivity index (χ0) is 12.6. The van der Waals surface area contributed by atoms with E-state index < -0.39 is 6.16 Å². The van der Waals surface area contributed by atoms with Crippen molar-refractivity contribution < 1.29 is 19.9 Å². The molecule has 1 rings (SSSR count). The van der Waals surface area contributed by atoms with Gasteiger partial charge in [-0.3, -0.25) is 10.1 Å². The molecule has 0 fully saturated rings. The highest BCUT2D eigenvalue weighted by molar-refractivity contribution is 5.57. The molecule has 0 aliphatic heterocycles. The molecule has 6 nitrogen and oxygen atoms in total. The highest BCUT2D eigenvalue weighted by Crippen LogP contribution is 2.13. The Bertz CT molecular complexity index is 381. The standard InChI is InChI=1S/C9H9NO2.CH2O3/c1-2-9(10(11)12)8-6-4-3-5-7-8;2-1(3)4/h2-7H,1H3;(H2,2,3,4). The van der Waals surface area contributed by atoms with Crippen molar-refractivity contribution in [2.24, 2.45) is 0 Å². The molecule has 0 aromatic heterocycles. The third-order valence-electron chi connectivity index (χ3n) is 1.54. The quantitative estimate of drug-likeness (QED) is 0.594. The summed E-state index contributed by atoms with van der Waals surface area (Å²) in [5, 5.41) is 24.4. The summed E-state index contributed by atoms with van der Waals surface area (Å²) in [6, 6.07) is 8.83. The van der Waals surface area contributed by atoms with Crippen LogP contribution in [-0.2, 0) is 0 Å². The van der Waals surface area contributed by atoms with E-state index >= 15 is 0 Å². The van der Waals surface area contributed by atoms with Crippen LogP contribution in [0.5, 0.6) is 0 Å². The average Bonchev–Trinajstić information content (AvgIpc) is 2.19. The molecule has 0 saturated carbocycles. The average molecular weight is 225 g/mol. The topological polar surface area (TPSA) is 101 Å². The Kier molecular flexibility index (Phi) is 5.96. The van der Waals surface area contributed by atoms with E-state index in [1.165, 1.54) is 6.08 Å². The predicted molar refractivity (Wildman–Crippen MR) is 57.7 cm³/mol. The van der Waals surface area contributed by atoms with Gasteiger partial charge in [0, 0.05) is 0 Å². The van der Waals surface area contributed by atoms with Crippen molar-refractivity contribution in [3.63, 3.8) is 0 Å². The van der Waals surface area contributed by atoms with Crippen molar-refractivity contribution in [1.82, 2.24) is 0 Å². The van der Waals surface area contributed by atoms with Crippen molar-refractivity contribution in [3.05, 3.63) is 52.1 Å². The largest absolute Gasteiger partial charge is 0.503 e. The molecule has 0 bridgehead atoms. The second kappa shape index (κ2) is 6.99. The van der Waals surface area contributed by atoms with Gasteiger partial charge in [-0.15, -0.1) is 0 Å². The Morgan fingerprint density at radius 1 is 1.31 bits per heavy atom. The van der Waals surface area contributed by atoms with Gasteiger partial charge in [-0.2, -0.15) is 0 Å². The number of hydrogen-bond donors (Lipinski definition) is 2. The zero-order valence-corrected chi connectivity index (χ0v) is 8.53.